The Morgan fingerprint density at radius 3 is 2.29 bits per heavy atom. The summed E-state index contributed by atoms with van der Waals surface area (Å²) in [5.41, 5.74) is 6.41. The van der Waals surface area contributed by atoms with Gasteiger partial charge in [0.25, 0.3) is 0 Å². The number of sulfonamides is 1. The van der Waals surface area contributed by atoms with Crippen LogP contribution in [0.25, 0.3) is 0 Å². The van der Waals surface area contributed by atoms with Crippen molar-refractivity contribution in [2.45, 2.75) is 50.0 Å². The molecule has 0 amide bonds. The molecule has 0 radical (unpaired) electrons. The molecule has 1 saturated carbocycles. The van der Waals surface area contributed by atoms with E-state index in [1.807, 2.05) is 19.1 Å². The van der Waals surface area contributed by atoms with Crippen LogP contribution in [0, 0.1) is 5.92 Å². The van der Waals surface area contributed by atoms with Crippen LogP contribution in [0.2, 0.25) is 0 Å². The fourth-order valence-corrected chi connectivity index (χ4v) is 3.98. The van der Waals surface area contributed by atoms with Gasteiger partial charge in [-0.15, -0.1) is 12.4 Å². The van der Waals surface area contributed by atoms with Crippen molar-refractivity contribution in [2.75, 3.05) is 6.54 Å². The molecule has 0 spiro atoms. The lowest BCUT2D eigenvalue weighted by molar-refractivity contribution is 0.374. The second kappa shape index (κ2) is 7.09. The highest BCUT2D eigenvalue weighted by Gasteiger charge is 2.43. The van der Waals surface area contributed by atoms with Gasteiger partial charge in [-0.25, -0.2) is 13.1 Å². The zero-order chi connectivity index (χ0) is 14.8. The molecule has 4 nitrogen and oxygen atoms in total. The molecule has 3 N–H and O–H groups in total. The molecule has 1 fully saturated rings. The van der Waals surface area contributed by atoms with Crippen LogP contribution in [0.4, 0.5) is 0 Å². The van der Waals surface area contributed by atoms with E-state index in [1.165, 1.54) is 0 Å². The quantitative estimate of drug-likeness (QED) is 0.805. The van der Waals surface area contributed by atoms with E-state index < -0.39 is 15.6 Å². The number of aryl methyl sites for hydroxylation is 1. The number of hydrogen-bond donors (Lipinski definition) is 2. The smallest absolute Gasteiger partial charge is 0.241 e. The number of rotatable bonds is 7. The molecule has 0 heterocycles. The molecule has 2 rings (SSSR count). The third-order valence-corrected chi connectivity index (χ3v) is 5.67. The van der Waals surface area contributed by atoms with E-state index in [-0.39, 0.29) is 12.4 Å². The second-order valence-corrected chi connectivity index (χ2v) is 7.58. The Bertz CT molecular complexity index is 556. The van der Waals surface area contributed by atoms with Gasteiger partial charge in [-0.3, -0.25) is 0 Å². The minimum absolute atomic E-state index is 0. The minimum Gasteiger partial charge on any atom is -0.329 e. The zero-order valence-electron chi connectivity index (χ0n) is 12.6. The lowest BCUT2D eigenvalue weighted by atomic mass is 9.98. The molecular formula is C15H25ClN2O2S. The maximum absolute atomic E-state index is 12.4. The number of hydrogen-bond acceptors (Lipinski definition) is 3. The molecule has 0 saturated heterocycles. The van der Waals surface area contributed by atoms with E-state index in [9.17, 15) is 8.42 Å². The molecule has 1 atom stereocenters. The normalized spacial score (nSPS) is 17.9. The van der Waals surface area contributed by atoms with Crippen LogP contribution < -0.4 is 10.5 Å². The van der Waals surface area contributed by atoms with Gasteiger partial charge < -0.3 is 5.73 Å². The van der Waals surface area contributed by atoms with Gasteiger partial charge in [0.15, 0.2) is 0 Å². The first-order chi connectivity index (χ1) is 9.41. The zero-order valence-corrected chi connectivity index (χ0v) is 14.3. The molecule has 1 aromatic carbocycles. The fourth-order valence-electron chi connectivity index (χ4n) is 2.50. The topological polar surface area (TPSA) is 72.2 Å². The van der Waals surface area contributed by atoms with Crippen molar-refractivity contribution in [1.82, 2.24) is 4.72 Å². The average molecular weight is 333 g/mol. The van der Waals surface area contributed by atoms with Crippen LogP contribution in [0.15, 0.2) is 29.2 Å². The molecule has 1 unspecified atom stereocenters. The van der Waals surface area contributed by atoms with E-state index in [0.717, 1.165) is 31.2 Å². The molecule has 1 aromatic rings. The predicted octanol–water partition coefficient (Wildman–Crippen LogP) is 2.47. The van der Waals surface area contributed by atoms with Gasteiger partial charge in [-0.1, -0.05) is 25.5 Å². The monoisotopic (exact) mass is 332 g/mol. The van der Waals surface area contributed by atoms with Gasteiger partial charge in [-0.05, 0) is 49.8 Å². The van der Waals surface area contributed by atoms with Crippen molar-refractivity contribution in [1.29, 1.82) is 0 Å². The maximum atomic E-state index is 12.4. The summed E-state index contributed by atoms with van der Waals surface area (Å²) in [6.45, 7) is 4.33. The molecule has 0 aromatic heterocycles. The number of nitrogens with two attached hydrogens (primary N) is 1. The second-order valence-electron chi connectivity index (χ2n) is 5.90. The Hall–Kier alpha value is -0.620. The Balaban J connectivity index is 0.00000220. The van der Waals surface area contributed by atoms with Crippen molar-refractivity contribution in [3.8, 4) is 0 Å². The van der Waals surface area contributed by atoms with Crippen molar-refractivity contribution >= 4 is 22.4 Å². The number of benzene rings is 1. The van der Waals surface area contributed by atoms with Gasteiger partial charge in [0.2, 0.25) is 10.0 Å². The summed E-state index contributed by atoms with van der Waals surface area (Å²) >= 11 is 0. The van der Waals surface area contributed by atoms with Gasteiger partial charge >= 0.3 is 0 Å². The third-order valence-electron chi connectivity index (χ3n) is 4.04. The van der Waals surface area contributed by atoms with E-state index in [0.29, 0.717) is 17.4 Å². The summed E-state index contributed by atoms with van der Waals surface area (Å²) in [6.07, 6.45) is 4.12. The van der Waals surface area contributed by atoms with Crippen molar-refractivity contribution in [2.24, 2.45) is 11.7 Å². The molecule has 0 aliphatic heterocycles. The van der Waals surface area contributed by atoms with Crippen molar-refractivity contribution in [3.05, 3.63) is 29.8 Å². The summed E-state index contributed by atoms with van der Waals surface area (Å²) in [5, 5.41) is 0. The molecule has 21 heavy (non-hydrogen) atoms. The van der Waals surface area contributed by atoms with Crippen LogP contribution in [0.3, 0.4) is 0 Å². The molecule has 120 valence electrons. The Kier molecular flexibility index (Phi) is 6.23. The highest BCUT2D eigenvalue weighted by molar-refractivity contribution is 7.89. The van der Waals surface area contributed by atoms with Gasteiger partial charge in [-0.2, -0.15) is 0 Å². The van der Waals surface area contributed by atoms with Crippen LogP contribution in [0.1, 0.15) is 38.7 Å². The van der Waals surface area contributed by atoms with Crippen LogP contribution in [0.5, 0.6) is 0 Å². The summed E-state index contributed by atoms with van der Waals surface area (Å²) in [5.74, 6) is 0.363. The standard InChI is InChI=1S/C15H24N2O2S.ClH/c1-3-4-12-5-9-14(10-6-12)20(18,19)17-15(2,11-16)13-7-8-13;/h5-6,9-10,13,17H,3-4,7-8,11,16H2,1-2H3;1H. The third kappa shape index (κ3) is 4.42. The highest BCUT2D eigenvalue weighted by atomic mass is 35.5. The predicted molar refractivity (Wildman–Crippen MR) is 88.2 cm³/mol. The van der Waals surface area contributed by atoms with Crippen molar-refractivity contribution in [3.63, 3.8) is 0 Å². The van der Waals surface area contributed by atoms with Crippen LogP contribution >= 0.6 is 12.4 Å². The Morgan fingerprint density at radius 1 is 1.29 bits per heavy atom. The first kappa shape index (κ1) is 18.4. The van der Waals surface area contributed by atoms with Gasteiger partial charge in [0.05, 0.1) is 4.90 Å². The summed E-state index contributed by atoms with van der Waals surface area (Å²) in [6, 6.07) is 7.12. The molecule has 0 bridgehead atoms. The lowest BCUT2D eigenvalue weighted by Crippen LogP contribution is -2.52. The first-order valence-electron chi connectivity index (χ1n) is 7.24. The average Bonchev–Trinajstić information content (AvgIpc) is 3.24. The van der Waals surface area contributed by atoms with Crippen LogP contribution in [-0.2, 0) is 16.4 Å². The van der Waals surface area contributed by atoms with Crippen molar-refractivity contribution < 1.29 is 8.42 Å². The summed E-state index contributed by atoms with van der Waals surface area (Å²) < 4.78 is 27.7. The minimum atomic E-state index is -3.50. The Labute approximate surface area is 134 Å². The van der Waals surface area contributed by atoms with Gasteiger partial charge in [0, 0.05) is 12.1 Å². The largest absolute Gasteiger partial charge is 0.329 e. The fraction of sp³-hybridized carbons (Fsp3) is 0.600. The van der Waals surface area contributed by atoms with Crippen LogP contribution in [-0.4, -0.2) is 20.5 Å². The van der Waals surface area contributed by atoms with E-state index in [2.05, 4.69) is 11.6 Å². The maximum Gasteiger partial charge on any atom is 0.241 e. The van der Waals surface area contributed by atoms with E-state index in [1.54, 1.807) is 12.1 Å². The molecule has 1 aliphatic carbocycles. The molecule has 6 heteroatoms. The first-order valence-corrected chi connectivity index (χ1v) is 8.72. The summed E-state index contributed by atoms with van der Waals surface area (Å²) in [7, 11) is -3.50. The van der Waals surface area contributed by atoms with E-state index in [4.69, 9.17) is 5.73 Å². The molecular weight excluding hydrogens is 308 g/mol. The molecule has 1 aliphatic rings. The Morgan fingerprint density at radius 2 is 1.86 bits per heavy atom. The van der Waals surface area contributed by atoms with Gasteiger partial charge in [0.1, 0.15) is 0 Å². The van der Waals surface area contributed by atoms with E-state index >= 15 is 0 Å². The SMILES string of the molecule is CCCc1ccc(S(=O)(=O)NC(C)(CN)C2CC2)cc1.Cl. The number of halogens is 1. The number of nitrogens with one attached hydrogen (secondary N) is 1. The lowest BCUT2D eigenvalue weighted by Gasteiger charge is -2.29. The summed E-state index contributed by atoms with van der Waals surface area (Å²) in [4.78, 5) is 0.317. The highest BCUT2D eigenvalue weighted by Crippen LogP contribution is 2.39.